The molecule has 1 heterocycles. The van der Waals surface area contributed by atoms with Crippen LogP contribution in [0.1, 0.15) is 46.2 Å². The van der Waals surface area contributed by atoms with Crippen molar-refractivity contribution in [3.8, 4) is 0 Å². The fraction of sp³-hybridized carbons (Fsp3) is 0.706. The van der Waals surface area contributed by atoms with Crippen LogP contribution in [0.15, 0.2) is 24.4 Å². The van der Waals surface area contributed by atoms with Gasteiger partial charge in [-0.05, 0) is 42.9 Å². The van der Waals surface area contributed by atoms with E-state index in [2.05, 4.69) is 49.7 Å². The van der Waals surface area contributed by atoms with Crippen LogP contribution in [-0.2, 0) is 6.54 Å². The quantitative estimate of drug-likeness (QED) is 0.898. The van der Waals surface area contributed by atoms with Gasteiger partial charge in [0.25, 0.3) is 0 Å². The molecule has 0 amide bonds. The molecular formula is C17H29N3. The van der Waals surface area contributed by atoms with Crippen LogP contribution in [0.2, 0.25) is 0 Å². The van der Waals surface area contributed by atoms with Gasteiger partial charge in [-0.2, -0.15) is 0 Å². The number of hydrogen-bond donors (Lipinski definition) is 1. The Kier molecular flexibility index (Phi) is 4.50. The van der Waals surface area contributed by atoms with E-state index in [0.29, 0.717) is 11.3 Å². The van der Waals surface area contributed by atoms with E-state index in [9.17, 15) is 0 Å². The van der Waals surface area contributed by atoms with E-state index in [0.717, 1.165) is 25.3 Å². The lowest BCUT2D eigenvalue weighted by Crippen LogP contribution is -2.55. The first kappa shape index (κ1) is 15.5. The summed E-state index contributed by atoms with van der Waals surface area (Å²) in [6.45, 7) is 12.0. The Morgan fingerprint density at radius 3 is 2.60 bits per heavy atom. The van der Waals surface area contributed by atoms with Crippen molar-refractivity contribution in [1.29, 1.82) is 0 Å². The third kappa shape index (κ3) is 2.89. The molecule has 1 saturated carbocycles. The maximum atomic E-state index is 6.25. The van der Waals surface area contributed by atoms with E-state index in [1.807, 2.05) is 12.3 Å². The summed E-state index contributed by atoms with van der Waals surface area (Å²) >= 11 is 0. The maximum Gasteiger partial charge on any atom is 0.0544 e. The zero-order valence-corrected chi connectivity index (χ0v) is 13.4. The molecule has 0 radical (unpaired) electrons. The van der Waals surface area contributed by atoms with Crippen molar-refractivity contribution in [2.24, 2.45) is 17.1 Å². The third-order valence-corrected chi connectivity index (χ3v) is 5.00. The molecule has 0 spiro atoms. The van der Waals surface area contributed by atoms with Gasteiger partial charge in [-0.1, -0.05) is 33.8 Å². The minimum atomic E-state index is 0.121. The monoisotopic (exact) mass is 275 g/mol. The lowest BCUT2D eigenvalue weighted by Gasteiger charge is -2.44. The Morgan fingerprint density at radius 2 is 2.15 bits per heavy atom. The van der Waals surface area contributed by atoms with Crippen molar-refractivity contribution in [2.75, 3.05) is 13.1 Å². The number of likely N-dealkylation sites (N-methyl/N-ethyl adjacent to an activating group) is 1. The summed E-state index contributed by atoms with van der Waals surface area (Å²) in [6, 6.07) is 6.14. The normalized spacial score (nSPS) is 29.0. The second-order valence-corrected chi connectivity index (χ2v) is 7.09. The second kappa shape index (κ2) is 5.82. The first-order chi connectivity index (χ1) is 9.43. The van der Waals surface area contributed by atoms with Gasteiger partial charge in [-0.3, -0.25) is 9.88 Å². The highest BCUT2D eigenvalue weighted by molar-refractivity contribution is 5.09. The molecule has 1 aromatic rings. The summed E-state index contributed by atoms with van der Waals surface area (Å²) in [7, 11) is 0. The van der Waals surface area contributed by atoms with Crippen molar-refractivity contribution in [2.45, 2.75) is 52.6 Å². The number of nitrogens with two attached hydrogens (primary N) is 1. The van der Waals surface area contributed by atoms with Gasteiger partial charge in [0.1, 0.15) is 0 Å². The zero-order valence-electron chi connectivity index (χ0n) is 13.4. The molecule has 1 aliphatic carbocycles. The molecule has 1 aromatic heterocycles. The molecule has 20 heavy (non-hydrogen) atoms. The highest BCUT2D eigenvalue weighted by Crippen LogP contribution is 2.50. The van der Waals surface area contributed by atoms with Crippen LogP contribution >= 0.6 is 0 Å². The molecule has 3 nitrogen and oxygen atoms in total. The summed E-state index contributed by atoms with van der Waals surface area (Å²) in [5.41, 5.74) is 7.89. The molecule has 3 heteroatoms. The molecule has 2 unspecified atom stereocenters. The number of pyridine rings is 1. The van der Waals surface area contributed by atoms with Gasteiger partial charge in [0, 0.05) is 24.8 Å². The molecule has 0 aromatic carbocycles. The molecule has 0 saturated heterocycles. The highest BCUT2D eigenvalue weighted by Gasteiger charge is 2.50. The summed E-state index contributed by atoms with van der Waals surface area (Å²) in [5, 5.41) is 0. The van der Waals surface area contributed by atoms with Crippen LogP contribution in [-0.4, -0.2) is 28.5 Å². The van der Waals surface area contributed by atoms with E-state index >= 15 is 0 Å². The van der Waals surface area contributed by atoms with Crippen molar-refractivity contribution in [3.63, 3.8) is 0 Å². The fourth-order valence-corrected chi connectivity index (χ4v) is 4.19. The molecule has 1 aliphatic rings. The second-order valence-electron chi connectivity index (χ2n) is 7.09. The number of aromatic nitrogens is 1. The van der Waals surface area contributed by atoms with E-state index in [1.165, 1.54) is 12.8 Å². The number of hydrogen-bond acceptors (Lipinski definition) is 3. The Balaban J connectivity index is 2.24. The fourth-order valence-electron chi connectivity index (χ4n) is 4.19. The van der Waals surface area contributed by atoms with Crippen molar-refractivity contribution < 1.29 is 0 Å². The Hall–Kier alpha value is -0.930. The van der Waals surface area contributed by atoms with Gasteiger partial charge in [-0.15, -0.1) is 0 Å². The maximum absolute atomic E-state index is 6.25. The Morgan fingerprint density at radius 1 is 1.40 bits per heavy atom. The summed E-state index contributed by atoms with van der Waals surface area (Å²) in [4.78, 5) is 7.03. The lowest BCUT2D eigenvalue weighted by molar-refractivity contribution is 0.0552. The predicted octanol–water partition coefficient (Wildman–Crippen LogP) is 3.06. The molecular weight excluding hydrogens is 246 g/mol. The lowest BCUT2D eigenvalue weighted by atomic mass is 9.84. The average molecular weight is 275 g/mol. The number of rotatable bonds is 5. The van der Waals surface area contributed by atoms with E-state index in [4.69, 9.17) is 5.73 Å². The Labute approximate surface area is 123 Å². The van der Waals surface area contributed by atoms with Crippen LogP contribution in [0.3, 0.4) is 0 Å². The minimum Gasteiger partial charge on any atom is -0.329 e. The van der Waals surface area contributed by atoms with Gasteiger partial charge in [0.05, 0.1) is 5.69 Å². The molecule has 1 fully saturated rings. The molecule has 2 rings (SSSR count). The molecule has 2 atom stereocenters. The van der Waals surface area contributed by atoms with Gasteiger partial charge in [-0.25, -0.2) is 0 Å². The topological polar surface area (TPSA) is 42.2 Å². The standard InChI is InChI=1S/C17H29N3/c1-5-20(11-15-8-6-7-9-19-15)17(13-18)12-16(3,4)10-14(17)2/h6-9,14H,5,10-13,18H2,1-4H3. The zero-order chi connectivity index (χ0) is 14.8. The highest BCUT2D eigenvalue weighted by atomic mass is 15.2. The molecule has 0 bridgehead atoms. The SMILES string of the molecule is CCN(Cc1ccccn1)C1(CN)CC(C)(C)CC1C. The van der Waals surface area contributed by atoms with Crippen molar-refractivity contribution in [1.82, 2.24) is 9.88 Å². The van der Waals surface area contributed by atoms with Crippen molar-refractivity contribution in [3.05, 3.63) is 30.1 Å². The molecule has 2 N–H and O–H groups in total. The smallest absolute Gasteiger partial charge is 0.0544 e. The predicted molar refractivity (Wildman–Crippen MR) is 84.3 cm³/mol. The third-order valence-electron chi connectivity index (χ3n) is 5.00. The summed E-state index contributed by atoms with van der Waals surface area (Å²) in [5.74, 6) is 0.631. The molecule has 0 aliphatic heterocycles. The summed E-state index contributed by atoms with van der Waals surface area (Å²) < 4.78 is 0. The van der Waals surface area contributed by atoms with Crippen LogP contribution in [0.25, 0.3) is 0 Å². The molecule has 112 valence electrons. The summed E-state index contributed by atoms with van der Waals surface area (Å²) in [6.07, 6.45) is 4.31. The first-order valence-corrected chi connectivity index (χ1v) is 7.78. The van der Waals surface area contributed by atoms with Gasteiger partial charge < -0.3 is 5.73 Å². The van der Waals surface area contributed by atoms with E-state index < -0.39 is 0 Å². The van der Waals surface area contributed by atoms with Crippen LogP contribution < -0.4 is 5.73 Å². The van der Waals surface area contributed by atoms with Gasteiger partial charge in [0.15, 0.2) is 0 Å². The average Bonchev–Trinajstić information content (AvgIpc) is 2.67. The van der Waals surface area contributed by atoms with E-state index in [1.54, 1.807) is 0 Å². The van der Waals surface area contributed by atoms with Crippen LogP contribution in [0, 0.1) is 11.3 Å². The largest absolute Gasteiger partial charge is 0.329 e. The van der Waals surface area contributed by atoms with Crippen LogP contribution in [0.4, 0.5) is 0 Å². The van der Waals surface area contributed by atoms with Crippen LogP contribution in [0.5, 0.6) is 0 Å². The van der Waals surface area contributed by atoms with Gasteiger partial charge >= 0.3 is 0 Å². The van der Waals surface area contributed by atoms with E-state index in [-0.39, 0.29) is 5.54 Å². The van der Waals surface area contributed by atoms with Gasteiger partial charge in [0.2, 0.25) is 0 Å². The first-order valence-electron chi connectivity index (χ1n) is 7.78. The minimum absolute atomic E-state index is 0.121. The van der Waals surface area contributed by atoms with Crippen molar-refractivity contribution >= 4 is 0 Å². The Bertz CT molecular complexity index is 429. The number of nitrogens with zero attached hydrogens (tertiary/aromatic N) is 2.